The van der Waals surface area contributed by atoms with E-state index in [-0.39, 0.29) is 11.8 Å². The second-order valence-corrected chi connectivity index (χ2v) is 6.76. The number of aromatic amines is 1. The lowest BCUT2D eigenvalue weighted by Gasteiger charge is -2.32. The predicted octanol–water partition coefficient (Wildman–Crippen LogP) is 3.19. The van der Waals surface area contributed by atoms with Crippen LogP contribution in [-0.4, -0.2) is 44.1 Å². The van der Waals surface area contributed by atoms with Crippen LogP contribution in [0.25, 0.3) is 11.3 Å². The van der Waals surface area contributed by atoms with Gasteiger partial charge >= 0.3 is 0 Å². The van der Waals surface area contributed by atoms with Gasteiger partial charge in [0.15, 0.2) is 0 Å². The molecule has 0 spiro atoms. The van der Waals surface area contributed by atoms with Gasteiger partial charge in [-0.15, -0.1) is 0 Å². The molecule has 3 heterocycles. The Balaban J connectivity index is 1.55. The largest absolute Gasteiger partial charge is 0.337 e. The molecule has 4 rings (SSSR count). The van der Waals surface area contributed by atoms with Gasteiger partial charge < -0.3 is 4.90 Å². The van der Waals surface area contributed by atoms with Gasteiger partial charge in [0.25, 0.3) is 5.91 Å². The Labute approximate surface area is 152 Å². The summed E-state index contributed by atoms with van der Waals surface area (Å²) in [7, 11) is 0. The summed E-state index contributed by atoms with van der Waals surface area (Å²) in [5.41, 5.74) is 4.63. The molecule has 1 N–H and O–H groups in total. The van der Waals surface area contributed by atoms with Gasteiger partial charge in [-0.05, 0) is 31.9 Å². The second kappa shape index (κ2) is 7.07. The average molecular weight is 347 g/mol. The number of benzene rings is 1. The summed E-state index contributed by atoms with van der Waals surface area (Å²) in [6.45, 7) is 3.49. The Bertz CT molecular complexity index is 906. The van der Waals surface area contributed by atoms with Crippen molar-refractivity contribution in [3.8, 4) is 11.3 Å². The van der Waals surface area contributed by atoms with Crippen LogP contribution in [-0.2, 0) is 0 Å². The quantitative estimate of drug-likeness (QED) is 0.789. The van der Waals surface area contributed by atoms with E-state index >= 15 is 0 Å². The van der Waals surface area contributed by atoms with Crippen molar-refractivity contribution in [1.29, 1.82) is 0 Å². The SMILES string of the molecule is Cc1cccc(-c2cncc([C@H]3CCCN(C(=O)c4ccn[nH]4)C3)n2)c1. The number of nitrogens with one attached hydrogen (secondary N) is 1. The molecule has 1 atom stereocenters. The van der Waals surface area contributed by atoms with E-state index < -0.39 is 0 Å². The fraction of sp³-hybridized carbons (Fsp3) is 0.300. The average Bonchev–Trinajstić information content (AvgIpc) is 3.22. The number of piperidine rings is 1. The fourth-order valence-electron chi connectivity index (χ4n) is 3.47. The summed E-state index contributed by atoms with van der Waals surface area (Å²) in [6.07, 6.45) is 7.20. The summed E-state index contributed by atoms with van der Waals surface area (Å²) in [5.74, 6) is 0.197. The van der Waals surface area contributed by atoms with Crippen molar-refractivity contribution in [3.63, 3.8) is 0 Å². The smallest absolute Gasteiger partial charge is 0.271 e. The van der Waals surface area contributed by atoms with Crippen LogP contribution < -0.4 is 0 Å². The summed E-state index contributed by atoms with van der Waals surface area (Å²) in [5, 5.41) is 6.63. The van der Waals surface area contributed by atoms with Crippen molar-refractivity contribution in [2.45, 2.75) is 25.7 Å². The zero-order valence-electron chi connectivity index (χ0n) is 14.7. The van der Waals surface area contributed by atoms with E-state index in [2.05, 4.69) is 40.3 Å². The van der Waals surface area contributed by atoms with Crippen molar-refractivity contribution in [3.05, 3.63) is 65.9 Å². The van der Waals surface area contributed by atoms with Gasteiger partial charge in [-0.2, -0.15) is 5.10 Å². The number of aromatic nitrogens is 4. The molecule has 1 aromatic carbocycles. The lowest BCUT2D eigenvalue weighted by atomic mass is 9.94. The normalized spacial score (nSPS) is 17.3. The first kappa shape index (κ1) is 16.4. The first-order valence-corrected chi connectivity index (χ1v) is 8.88. The highest BCUT2D eigenvalue weighted by Gasteiger charge is 2.27. The summed E-state index contributed by atoms with van der Waals surface area (Å²) in [4.78, 5) is 23.7. The van der Waals surface area contributed by atoms with Gasteiger partial charge in [0, 0.05) is 37.0 Å². The van der Waals surface area contributed by atoms with Crippen LogP contribution in [0.15, 0.2) is 48.9 Å². The number of carbonyl (C=O) groups excluding carboxylic acids is 1. The number of aryl methyl sites for hydroxylation is 1. The van der Waals surface area contributed by atoms with E-state index in [1.807, 2.05) is 17.2 Å². The number of hydrogen-bond acceptors (Lipinski definition) is 4. The van der Waals surface area contributed by atoms with Crippen LogP contribution in [0.4, 0.5) is 0 Å². The van der Waals surface area contributed by atoms with Gasteiger partial charge in [-0.1, -0.05) is 23.8 Å². The molecule has 0 radical (unpaired) electrons. The van der Waals surface area contributed by atoms with Crippen molar-refractivity contribution < 1.29 is 4.79 Å². The molecule has 2 aromatic heterocycles. The molecule has 132 valence electrons. The fourth-order valence-corrected chi connectivity index (χ4v) is 3.47. The molecule has 0 saturated carbocycles. The lowest BCUT2D eigenvalue weighted by Crippen LogP contribution is -2.39. The number of rotatable bonds is 3. The summed E-state index contributed by atoms with van der Waals surface area (Å²) in [6, 6.07) is 9.98. The first-order chi connectivity index (χ1) is 12.7. The van der Waals surface area contributed by atoms with Crippen molar-refractivity contribution in [2.75, 3.05) is 13.1 Å². The van der Waals surface area contributed by atoms with Crippen LogP contribution in [0.5, 0.6) is 0 Å². The van der Waals surface area contributed by atoms with E-state index in [0.717, 1.165) is 36.3 Å². The van der Waals surface area contributed by atoms with E-state index in [1.54, 1.807) is 18.5 Å². The summed E-state index contributed by atoms with van der Waals surface area (Å²) < 4.78 is 0. The lowest BCUT2D eigenvalue weighted by molar-refractivity contribution is 0.0700. The van der Waals surface area contributed by atoms with Crippen LogP contribution in [0.1, 0.15) is 40.5 Å². The van der Waals surface area contributed by atoms with Gasteiger partial charge in [-0.3, -0.25) is 14.9 Å². The molecule has 26 heavy (non-hydrogen) atoms. The summed E-state index contributed by atoms with van der Waals surface area (Å²) >= 11 is 0. The standard InChI is InChI=1S/C20H21N5O/c1-14-4-2-5-15(10-14)18-11-21-12-19(23-18)16-6-3-9-25(13-16)20(26)17-7-8-22-24-17/h2,4-5,7-8,10-12,16H,3,6,9,13H2,1H3,(H,22,24)/t16-/m0/s1. The van der Waals surface area contributed by atoms with E-state index in [9.17, 15) is 4.79 Å². The molecular formula is C20H21N5O. The maximum absolute atomic E-state index is 12.6. The molecule has 0 unspecified atom stereocenters. The van der Waals surface area contributed by atoms with Gasteiger partial charge in [0.2, 0.25) is 0 Å². The Morgan fingerprint density at radius 1 is 1.27 bits per heavy atom. The molecular weight excluding hydrogens is 326 g/mol. The minimum Gasteiger partial charge on any atom is -0.337 e. The third-order valence-electron chi connectivity index (χ3n) is 4.83. The first-order valence-electron chi connectivity index (χ1n) is 8.88. The molecule has 3 aromatic rings. The number of H-pyrrole nitrogens is 1. The maximum atomic E-state index is 12.6. The van der Waals surface area contributed by atoms with E-state index in [0.29, 0.717) is 12.2 Å². The molecule has 1 fully saturated rings. The predicted molar refractivity (Wildman–Crippen MR) is 98.7 cm³/mol. The number of carbonyl (C=O) groups is 1. The Hall–Kier alpha value is -3.02. The highest BCUT2D eigenvalue weighted by atomic mass is 16.2. The maximum Gasteiger partial charge on any atom is 0.271 e. The van der Waals surface area contributed by atoms with Crippen molar-refractivity contribution in [2.24, 2.45) is 0 Å². The van der Waals surface area contributed by atoms with Crippen molar-refractivity contribution in [1.82, 2.24) is 25.1 Å². The number of amides is 1. The van der Waals surface area contributed by atoms with Gasteiger partial charge in [0.05, 0.1) is 17.6 Å². The third-order valence-corrected chi connectivity index (χ3v) is 4.83. The molecule has 6 heteroatoms. The molecule has 0 bridgehead atoms. The molecule has 1 amide bonds. The molecule has 1 aliphatic heterocycles. The topological polar surface area (TPSA) is 74.8 Å². The van der Waals surface area contributed by atoms with E-state index in [4.69, 9.17) is 4.98 Å². The van der Waals surface area contributed by atoms with E-state index in [1.165, 1.54) is 5.56 Å². The zero-order chi connectivity index (χ0) is 17.9. The minimum absolute atomic E-state index is 0.00463. The third kappa shape index (κ3) is 3.35. The number of likely N-dealkylation sites (tertiary alicyclic amines) is 1. The monoisotopic (exact) mass is 347 g/mol. The number of hydrogen-bond donors (Lipinski definition) is 1. The molecule has 1 aliphatic rings. The van der Waals surface area contributed by atoms with Crippen LogP contribution in [0.2, 0.25) is 0 Å². The van der Waals surface area contributed by atoms with Crippen LogP contribution in [0, 0.1) is 6.92 Å². The molecule has 6 nitrogen and oxygen atoms in total. The van der Waals surface area contributed by atoms with Gasteiger partial charge in [-0.25, -0.2) is 4.98 Å². The Kier molecular flexibility index (Phi) is 4.48. The second-order valence-electron chi connectivity index (χ2n) is 6.76. The molecule has 0 aliphatic carbocycles. The molecule has 1 saturated heterocycles. The highest BCUT2D eigenvalue weighted by molar-refractivity contribution is 5.92. The Morgan fingerprint density at radius 3 is 3.00 bits per heavy atom. The number of nitrogens with zero attached hydrogens (tertiary/aromatic N) is 4. The zero-order valence-corrected chi connectivity index (χ0v) is 14.7. The minimum atomic E-state index is -0.00463. The highest BCUT2D eigenvalue weighted by Crippen LogP contribution is 2.27. The van der Waals surface area contributed by atoms with Crippen LogP contribution in [0.3, 0.4) is 0 Å². The van der Waals surface area contributed by atoms with Crippen LogP contribution >= 0.6 is 0 Å². The van der Waals surface area contributed by atoms with Crippen molar-refractivity contribution >= 4 is 5.91 Å². The Morgan fingerprint density at radius 2 is 2.19 bits per heavy atom. The van der Waals surface area contributed by atoms with Gasteiger partial charge in [0.1, 0.15) is 5.69 Å².